The molecule has 1 rings (SSSR count). The SMILES string of the molecule is CCN(CC)C(=O)c1nc(C)oc1C. The van der Waals surface area contributed by atoms with Crippen LogP contribution < -0.4 is 0 Å². The van der Waals surface area contributed by atoms with Crippen molar-refractivity contribution in [2.75, 3.05) is 13.1 Å². The highest BCUT2D eigenvalue weighted by Crippen LogP contribution is 2.11. The number of hydrogen-bond acceptors (Lipinski definition) is 3. The number of oxazole rings is 1. The largest absolute Gasteiger partial charge is 0.445 e. The van der Waals surface area contributed by atoms with Gasteiger partial charge in [-0.15, -0.1) is 0 Å². The fourth-order valence-electron chi connectivity index (χ4n) is 1.39. The van der Waals surface area contributed by atoms with Gasteiger partial charge in [-0.1, -0.05) is 0 Å². The molecular formula is C10H16N2O2. The molecule has 1 aromatic heterocycles. The minimum atomic E-state index is -0.0515. The van der Waals surface area contributed by atoms with Gasteiger partial charge in [0.2, 0.25) is 0 Å². The lowest BCUT2D eigenvalue weighted by Gasteiger charge is -2.16. The Hall–Kier alpha value is -1.32. The lowest BCUT2D eigenvalue weighted by molar-refractivity contribution is 0.0766. The molecular weight excluding hydrogens is 180 g/mol. The number of carbonyl (C=O) groups is 1. The fraction of sp³-hybridized carbons (Fsp3) is 0.600. The Labute approximate surface area is 83.9 Å². The summed E-state index contributed by atoms with van der Waals surface area (Å²) in [5, 5.41) is 0. The molecule has 0 aliphatic heterocycles. The Kier molecular flexibility index (Phi) is 3.28. The van der Waals surface area contributed by atoms with Crippen molar-refractivity contribution in [3.05, 3.63) is 17.3 Å². The third-order valence-electron chi connectivity index (χ3n) is 2.16. The lowest BCUT2D eigenvalue weighted by Crippen LogP contribution is -2.31. The van der Waals surface area contributed by atoms with Crippen molar-refractivity contribution in [3.8, 4) is 0 Å². The highest BCUT2D eigenvalue weighted by atomic mass is 16.4. The molecule has 0 saturated heterocycles. The van der Waals surface area contributed by atoms with Gasteiger partial charge in [0.25, 0.3) is 5.91 Å². The average molecular weight is 196 g/mol. The zero-order valence-electron chi connectivity index (χ0n) is 9.13. The number of aryl methyl sites for hydroxylation is 2. The van der Waals surface area contributed by atoms with E-state index in [1.54, 1.807) is 18.7 Å². The number of nitrogens with zero attached hydrogens (tertiary/aromatic N) is 2. The van der Waals surface area contributed by atoms with Gasteiger partial charge in [0.15, 0.2) is 11.6 Å². The van der Waals surface area contributed by atoms with Gasteiger partial charge in [0.05, 0.1) is 0 Å². The number of rotatable bonds is 3. The van der Waals surface area contributed by atoms with E-state index >= 15 is 0 Å². The summed E-state index contributed by atoms with van der Waals surface area (Å²) in [6, 6.07) is 0. The minimum absolute atomic E-state index is 0.0515. The van der Waals surface area contributed by atoms with E-state index in [-0.39, 0.29) is 5.91 Å². The van der Waals surface area contributed by atoms with E-state index in [9.17, 15) is 4.79 Å². The highest BCUT2D eigenvalue weighted by molar-refractivity contribution is 5.93. The molecule has 1 aromatic rings. The molecule has 1 amide bonds. The van der Waals surface area contributed by atoms with Crippen molar-refractivity contribution in [3.63, 3.8) is 0 Å². The molecule has 0 radical (unpaired) electrons. The van der Waals surface area contributed by atoms with Crippen LogP contribution >= 0.6 is 0 Å². The maximum Gasteiger partial charge on any atom is 0.276 e. The molecule has 0 unspecified atom stereocenters. The van der Waals surface area contributed by atoms with Crippen molar-refractivity contribution in [2.45, 2.75) is 27.7 Å². The van der Waals surface area contributed by atoms with Crippen molar-refractivity contribution >= 4 is 5.91 Å². The fourth-order valence-corrected chi connectivity index (χ4v) is 1.39. The van der Waals surface area contributed by atoms with Gasteiger partial charge in [-0.25, -0.2) is 4.98 Å². The zero-order chi connectivity index (χ0) is 10.7. The summed E-state index contributed by atoms with van der Waals surface area (Å²) < 4.78 is 5.22. The summed E-state index contributed by atoms with van der Waals surface area (Å²) in [6.07, 6.45) is 0. The third kappa shape index (κ3) is 1.95. The topological polar surface area (TPSA) is 46.3 Å². The average Bonchev–Trinajstić information content (AvgIpc) is 2.47. The molecule has 1 heterocycles. The number of carbonyl (C=O) groups excluding carboxylic acids is 1. The minimum Gasteiger partial charge on any atom is -0.445 e. The Balaban J connectivity index is 2.93. The molecule has 0 bridgehead atoms. The van der Waals surface area contributed by atoms with Crippen LogP contribution in [0.4, 0.5) is 0 Å². The first-order valence-corrected chi connectivity index (χ1v) is 4.83. The maximum atomic E-state index is 11.8. The van der Waals surface area contributed by atoms with E-state index in [4.69, 9.17) is 4.42 Å². The molecule has 0 aliphatic carbocycles. The van der Waals surface area contributed by atoms with Crippen molar-refractivity contribution in [1.82, 2.24) is 9.88 Å². The van der Waals surface area contributed by atoms with Crippen LogP contribution in [0.1, 0.15) is 36.0 Å². The molecule has 78 valence electrons. The van der Waals surface area contributed by atoms with E-state index in [0.29, 0.717) is 30.4 Å². The molecule has 14 heavy (non-hydrogen) atoms. The van der Waals surface area contributed by atoms with E-state index in [0.717, 1.165) is 0 Å². The van der Waals surface area contributed by atoms with Crippen LogP contribution in [-0.4, -0.2) is 28.9 Å². The highest BCUT2D eigenvalue weighted by Gasteiger charge is 2.19. The van der Waals surface area contributed by atoms with Gasteiger partial charge in [-0.05, 0) is 20.8 Å². The summed E-state index contributed by atoms with van der Waals surface area (Å²) in [7, 11) is 0. The molecule has 0 N–H and O–H groups in total. The van der Waals surface area contributed by atoms with Crippen LogP contribution in [-0.2, 0) is 0 Å². The summed E-state index contributed by atoms with van der Waals surface area (Å²) >= 11 is 0. The molecule has 4 heteroatoms. The normalized spacial score (nSPS) is 10.3. The second-order valence-corrected chi connectivity index (χ2v) is 3.12. The first kappa shape index (κ1) is 10.8. The van der Waals surface area contributed by atoms with Gasteiger partial charge in [0, 0.05) is 20.0 Å². The summed E-state index contributed by atoms with van der Waals surface area (Å²) in [6.45, 7) is 8.79. The Morgan fingerprint density at radius 3 is 2.29 bits per heavy atom. The molecule has 0 atom stereocenters. The zero-order valence-corrected chi connectivity index (χ0v) is 9.13. The molecule has 0 spiro atoms. The van der Waals surface area contributed by atoms with Crippen LogP contribution in [0.3, 0.4) is 0 Å². The smallest absolute Gasteiger partial charge is 0.276 e. The number of hydrogen-bond donors (Lipinski definition) is 0. The lowest BCUT2D eigenvalue weighted by atomic mass is 10.3. The first-order chi connectivity index (χ1) is 6.60. The van der Waals surface area contributed by atoms with Gasteiger partial charge in [0.1, 0.15) is 5.76 Å². The van der Waals surface area contributed by atoms with Crippen LogP contribution in [0.15, 0.2) is 4.42 Å². The summed E-state index contributed by atoms with van der Waals surface area (Å²) in [5.74, 6) is 1.08. The maximum absolute atomic E-state index is 11.8. The quantitative estimate of drug-likeness (QED) is 0.740. The predicted molar refractivity (Wildman–Crippen MR) is 53.2 cm³/mol. The Bertz CT molecular complexity index is 327. The van der Waals surface area contributed by atoms with E-state index in [1.807, 2.05) is 13.8 Å². The third-order valence-corrected chi connectivity index (χ3v) is 2.16. The standard InChI is InChI=1S/C10H16N2O2/c1-5-12(6-2)10(13)9-7(3)14-8(4)11-9/h5-6H2,1-4H3. The van der Waals surface area contributed by atoms with Crippen LogP contribution in [0.5, 0.6) is 0 Å². The Morgan fingerprint density at radius 2 is 1.93 bits per heavy atom. The van der Waals surface area contributed by atoms with Crippen molar-refractivity contribution in [1.29, 1.82) is 0 Å². The second-order valence-electron chi connectivity index (χ2n) is 3.12. The predicted octanol–water partition coefficient (Wildman–Crippen LogP) is 1.77. The molecule has 0 aromatic carbocycles. The van der Waals surface area contributed by atoms with E-state index < -0.39 is 0 Å². The molecule has 0 fully saturated rings. The van der Waals surface area contributed by atoms with Crippen LogP contribution in [0.25, 0.3) is 0 Å². The molecule has 0 saturated carbocycles. The van der Waals surface area contributed by atoms with Crippen molar-refractivity contribution < 1.29 is 9.21 Å². The van der Waals surface area contributed by atoms with Gasteiger partial charge >= 0.3 is 0 Å². The van der Waals surface area contributed by atoms with E-state index in [1.165, 1.54) is 0 Å². The number of aromatic nitrogens is 1. The van der Waals surface area contributed by atoms with Crippen LogP contribution in [0, 0.1) is 13.8 Å². The summed E-state index contributed by atoms with van der Waals surface area (Å²) in [4.78, 5) is 17.6. The first-order valence-electron chi connectivity index (χ1n) is 4.83. The number of amides is 1. The molecule has 4 nitrogen and oxygen atoms in total. The van der Waals surface area contributed by atoms with E-state index in [2.05, 4.69) is 4.98 Å². The van der Waals surface area contributed by atoms with Crippen LogP contribution in [0.2, 0.25) is 0 Å². The second kappa shape index (κ2) is 4.26. The monoisotopic (exact) mass is 196 g/mol. The van der Waals surface area contributed by atoms with Gasteiger partial charge in [-0.2, -0.15) is 0 Å². The Morgan fingerprint density at radius 1 is 1.36 bits per heavy atom. The summed E-state index contributed by atoms with van der Waals surface area (Å²) in [5.41, 5.74) is 0.436. The molecule has 0 aliphatic rings. The van der Waals surface area contributed by atoms with Crippen molar-refractivity contribution in [2.24, 2.45) is 0 Å². The van der Waals surface area contributed by atoms with Gasteiger partial charge < -0.3 is 9.32 Å². The van der Waals surface area contributed by atoms with Gasteiger partial charge in [-0.3, -0.25) is 4.79 Å².